The van der Waals surface area contributed by atoms with Gasteiger partial charge in [-0.25, -0.2) is 0 Å². The van der Waals surface area contributed by atoms with Crippen molar-refractivity contribution in [2.45, 2.75) is 19.8 Å². The fraction of sp³-hybridized carbons (Fsp3) is 0.158. The number of allylic oxidation sites excluding steroid dienone is 3. The number of carbonyl (C=O) groups is 1. The van der Waals surface area contributed by atoms with Gasteiger partial charge in [0, 0.05) is 29.4 Å². The van der Waals surface area contributed by atoms with Gasteiger partial charge in [-0.2, -0.15) is 0 Å². The number of hydrogen-bond donors (Lipinski definition) is 0. The molecule has 0 bridgehead atoms. The molecule has 0 saturated heterocycles. The summed E-state index contributed by atoms with van der Waals surface area (Å²) in [7, 11) is 0. The summed E-state index contributed by atoms with van der Waals surface area (Å²) in [4.78, 5) is 16.5. The maximum absolute atomic E-state index is 12.5. The van der Waals surface area contributed by atoms with Crippen molar-refractivity contribution < 1.29 is 4.79 Å². The molecule has 0 spiro atoms. The Kier molecular flexibility index (Phi) is 3.53. The lowest BCUT2D eigenvalue weighted by Gasteiger charge is -2.07. The second kappa shape index (κ2) is 5.49. The number of fused-ring (bicyclic) bond motifs is 1. The van der Waals surface area contributed by atoms with E-state index in [-0.39, 0.29) is 11.7 Å². The highest BCUT2D eigenvalue weighted by atomic mass is 16.1. The van der Waals surface area contributed by atoms with Crippen molar-refractivity contribution in [1.82, 2.24) is 4.98 Å². The average molecular weight is 275 g/mol. The summed E-state index contributed by atoms with van der Waals surface area (Å²) >= 11 is 0. The van der Waals surface area contributed by atoms with Crippen LogP contribution in [0.15, 0.2) is 60.5 Å². The van der Waals surface area contributed by atoms with E-state index in [0.717, 1.165) is 16.7 Å². The molecule has 104 valence electrons. The van der Waals surface area contributed by atoms with Gasteiger partial charge in [0.1, 0.15) is 0 Å². The summed E-state index contributed by atoms with van der Waals surface area (Å²) in [6.07, 6.45) is 9.39. The molecule has 1 atom stereocenters. The lowest BCUT2D eigenvalue weighted by molar-refractivity contribution is 0.103. The molecular formula is C19H17NO. The first kappa shape index (κ1) is 13.5. The van der Waals surface area contributed by atoms with E-state index in [2.05, 4.69) is 24.9 Å². The number of pyridine rings is 1. The molecule has 1 aliphatic carbocycles. The maximum Gasteiger partial charge on any atom is 0.189 e. The number of carbonyl (C=O) groups excluding carboxylic acids is 1. The van der Waals surface area contributed by atoms with Crippen LogP contribution < -0.4 is 0 Å². The fourth-order valence-corrected chi connectivity index (χ4v) is 2.92. The molecule has 0 amide bonds. The van der Waals surface area contributed by atoms with Crippen LogP contribution in [0, 0.1) is 6.92 Å². The molecule has 3 rings (SSSR count). The van der Waals surface area contributed by atoms with Crippen LogP contribution in [0.4, 0.5) is 0 Å². The molecule has 21 heavy (non-hydrogen) atoms. The highest BCUT2D eigenvalue weighted by Crippen LogP contribution is 2.38. The van der Waals surface area contributed by atoms with Gasteiger partial charge in [0.2, 0.25) is 0 Å². The van der Waals surface area contributed by atoms with Crippen LogP contribution >= 0.6 is 0 Å². The molecule has 0 fully saturated rings. The molecule has 1 aromatic heterocycles. The number of Topliss-reactive ketones (excluding diaryl/α,β-unsaturated/α-hetero) is 1. The Morgan fingerprint density at radius 1 is 1.14 bits per heavy atom. The van der Waals surface area contributed by atoms with Crippen LogP contribution in [-0.2, 0) is 0 Å². The average Bonchev–Trinajstić information content (AvgIpc) is 2.74. The maximum atomic E-state index is 12.5. The number of aryl methyl sites for hydroxylation is 1. The second-order valence-corrected chi connectivity index (χ2v) is 5.35. The molecule has 0 saturated carbocycles. The summed E-state index contributed by atoms with van der Waals surface area (Å²) in [6, 6.07) is 9.82. The van der Waals surface area contributed by atoms with E-state index < -0.39 is 0 Å². The Morgan fingerprint density at radius 2 is 1.90 bits per heavy atom. The molecule has 2 aromatic rings. The normalized spacial score (nSPS) is 19.4. The number of hydrogen-bond acceptors (Lipinski definition) is 2. The topological polar surface area (TPSA) is 30.0 Å². The number of aromatic nitrogens is 1. The van der Waals surface area contributed by atoms with Crippen molar-refractivity contribution in [3.63, 3.8) is 0 Å². The lowest BCUT2D eigenvalue weighted by Crippen LogP contribution is -1.96. The minimum atomic E-state index is 0.153. The number of rotatable bonds is 2. The molecule has 1 aromatic carbocycles. The molecule has 1 unspecified atom stereocenters. The van der Waals surface area contributed by atoms with Crippen molar-refractivity contribution >= 4 is 11.9 Å². The minimum Gasteiger partial charge on any atom is -0.289 e. The molecule has 0 radical (unpaired) electrons. The van der Waals surface area contributed by atoms with Gasteiger partial charge in [-0.1, -0.05) is 43.4 Å². The third-order valence-corrected chi connectivity index (χ3v) is 4.00. The zero-order chi connectivity index (χ0) is 14.8. The zero-order valence-electron chi connectivity index (χ0n) is 12.2. The van der Waals surface area contributed by atoms with E-state index in [4.69, 9.17) is 0 Å². The Labute approximate surface area is 124 Å². The standard InChI is InChI=1S/C19H17NO/c1-13-5-3-8-17-18(13)14(2)16(19(17)21)7-4-6-15-9-11-20-12-10-15/h3-12,14H,1-2H3/b6-4+,16-7-. The van der Waals surface area contributed by atoms with Gasteiger partial charge >= 0.3 is 0 Å². The smallest absolute Gasteiger partial charge is 0.189 e. The summed E-state index contributed by atoms with van der Waals surface area (Å²) in [6.45, 7) is 4.17. The predicted octanol–water partition coefficient (Wildman–Crippen LogP) is 4.33. The quantitative estimate of drug-likeness (QED) is 0.764. The third-order valence-electron chi connectivity index (χ3n) is 4.00. The zero-order valence-corrected chi connectivity index (χ0v) is 12.2. The van der Waals surface area contributed by atoms with Gasteiger partial charge in [0.25, 0.3) is 0 Å². The molecule has 0 N–H and O–H groups in total. The predicted molar refractivity (Wildman–Crippen MR) is 85.3 cm³/mol. The third kappa shape index (κ3) is 2.45. The number of ketones is 1. The van der Waals surface area contributed by atoms with Gasteiger partial charge in [-0.05, 0) is 35.7 Å². The van der Waals surface area contributed by atoms with E-state index in [1.807, 2.05) is 42.5 Å². The van der Waals surface area contributed by atoms with Gasteiger partial charge in [0.05, 0.1) is 0 Å². The number of benzene rings is 1. The SMILES string of the molecule is Cc1cccc2c1C(C)/C(=C/C=C/c1ccncc1)C2=O. The minimum absolute atomic E-state index is 0.153. The first-order valence-electron chi connectivity index (χ1n) is 7.11. The van der Waals surface area contributed by atoms with Crippen LogP contribution in [0.2, 0.25) is 0 Å². The summed E-state index contributed by atoms with van der Waals surface area (Å²) in [5.41, 5.74) is 5.16. The fourth-order valence-electron chi connectivity index (χ4n) is 2.92. The Morgan fingerprint density at radius 3 is 2.62 bits per heavy atom. The molecule has 2 heteroatoms. The highest BCUT2D eigenvalue weighted by molar-refractivity contribution is 6.14. The monoisotopic (exact) mass is 275 g/mol. The van der Waals surface area contributed by atoms with E-state index in [0.29, 0.717) is 0 Å². The van der Waals surface area contributed by atoms with Crippen LogP contribution in [-0.4, -0.2) is 10.8 Å². The van der Waals surface area contributed by atoms with Gasteiger partial charge in [-0.15, -0.1) is 0 Å². The van der Waals surface area contributed by atoms with Crippen molar-refractivity contribution in [3.8, 4) is 0 Å². The Hall–Kier alpha value is -2.48. The molecular weight excluding hydrogens is 258 g/mol. The number of nitrogens with zero attached hydrogens (tertiary/aromatic N) is 1. The second-order valence-electron chi connectivity index (χ2n) is 5.35. The molecule has 1 heterocycles. The van der Waals surface area contributed by atoms with Gasteiger partial charge in [-0.3, -0.25) is 9.78 Å². The van der Waals surface area contributed by atoms with Crippen molar-refractivity contribution in [3.05, 3.63) is 82.7 Å². The molecule has 2 nitrogen and oxygen atoms in total. The first-order chi connectivity index (χ1) is 10.2. The lowest BCUT2D eigenvalue weighted by atomic mass is 9.96. The van der Waals surface area contributed by atoms with E-state index in [9.17, 15) is 4.79 Å². The Balaban J connectivity index is 1.91. The molecule has 1 aliphatic rings. The van der Waals surface area contributed by atoms with Crippen molar-refractivity contribution in [2.24, 2.45) is 0 Å². The van der Waals surface area contributed by atoms with Gasteiger partial charge < -0.3 is 0 Å². The van der Waals surface area contributed by atoms with Crippen LogP contribution in [0.1, 0.15) is 39.9 Å². The summed E-state index contributed by atoms with van der Waals surface area (Å²) in [5.74, 6) is 0.316. The van der Waals surface area contributed by atoms with E-state index in [1.54, 1.807) is 12.4 Å². The van der Waals surface area contributed by atoms with E-state index in [1.165, 1.54) is 11.1 Å². The van der Waals surface area contributed by atoms with Gasteiger partial charge in [0.15, 0.2) is 5.78 Å². The van der Waals surface area contributed by atoms with E-state index >= 15 is 0 Å². The summed E-state index contributed by atoms with van der Waals surface area (Å²) < 4.78 is 0. The van der Waals surface area contributed by atoms with Crippen molar-refractivity contribution in [1.29, 1.82) is 0 Å². The van der Waals surface area contributed by atoms with Crippen LogP contribution in [0.3, 0.4) is 0 Å². The summed E-state index contributed by atoms with van der Waals surface area (Å²) in [5, 5.41) is 0. The first-order valence-corrected chi connectivity index (χ1v) is 7.11. The van der Waals surface area contributed by atoms with Crippen molar-refractivity contribution in [2.75, 3.05) is 0 Å². The van der Waals surface area contributed by atoms with Crippen LogP contribution in [0.25, 0.3) is 6.08 Å². The van der Waals surface area contributed by atoms with Crippen LogP contribution in [0.5, 0.6) is 0 Å². The molecule has 0 aliphatic heterocycles. The highest BCUT2D eigenvalue weighted by Gasteiger charge is 2.31. The largest absolute Gasteiger partial charge is 0.289 e. The Bertz CT molecular complexity index is 741.